The first-order valence-electron chi connectivity index (χ1n) is 5.13. The normalized spacial score (nSPS) is 15.9. The van der Waals surface area contributed by atoms with Gasteiger partial charge >= 0.3 is 18.1 Å². The van der Waals surface area contributed by atoms with Crippen molar-refractivity contribution in [2.75, 3.05) is 0 Å². The Labute approximate surface area is 102 Å². The number of halogens is 3. The summed E-state index contributed by atoms with van der Waals surface area (Å²) >= 11 is 0. The van der Waals surface area contributed by atoms with Crippen molar-refractivity contribution in [3.8, 4) is 0 Å². The van der Waals surface area contributed by atoms with Crippen LogP contribution in [0.25, 0.3) is 0 Å². The predicted octanol–water partition coefficient (Wildman–Crippen LogP) is 1.32. The minimum Gasteiger partial charge on any atom is -0.480 e. The van der Waals surface area contributed by atoms with E-state index in [2.05, 4.69) is 0 Å². The standard InChI is InChI=1S/C10H16F3NO4/c1-5(18-9(2,3)4)6(7(15)16)14-8(17)10(11,12)13/h5-6H,1-4H3,(H,14,17)(H,15,16)/t5-,6+/m0/s1. The number of hydrogen-bond acceptors (Lipinski definition) is 3. The van der Waals surface area contributed by atoms with Crippen molar-refractivity contribution >= 4 is 11.9 Å². The van der Waals surface area contributed by atoms with Gasteiger partial charge in [-0.3, -0.25) is 4.79 Å². The lowest BCUT2D eigenvalue weighted by Gasteiger charge is -2.29. The molecule has 5 nitrogen and oxygen atoms in total. The van der Waals surface area contributed by atoms with Crippen molar-refractivity contribution in [1.29, 1.82) is 0 Å². The van der Waals surface area contributed by atoms with Gasteiger partial charge in [0.2, 0.25) is 0 Å². The molecule has 0 saturated heterocycles. The Bertz CT molecular complexity index is 322. The van der Waals surface area contributed by atoms with Crippen molar-refractivity contribution in [1.82, 2.24) is 5.32 Å². The van der Waals surface area contributed by atoms with Crippen LogP contribution in [0.3, 0.4) is 0 Å². The fourth-order valence-corrected chi connectivity index (χ4v) is 1.23. The summed E-state index contributed by atoms with van der Waals surface area (Å²) in [7, 11) is 0. The third-order valence-corrected chi connectivity index (χ3v) is 1.82. The number of rotatable bonds is 4. The molecular formula is C10H16F3NO4. The average molecular weight is 271 g/mol. The molecule has 18 heavy (non-hydrogen) atoms. The molecule has 0 aliphatic heterocycles. The molecule has 0 bridgehead atoms. The lowest BCUT2D eigenvalue weighted by Crippen LogP contribution is -2.53. The maximum Gasteiger partial charge on any atom is 0.471 e. The molecule has 0 rings (SSSR count). The first kappa shape index (κ1) is 16.7. The highest BCUT2D eigenvalue weighted by Gasteiger charge is 2.42. The highest BCUT2D eigenvalue weighted by Crippen LogP contribution is 2.17. The van der Waals surface area contributed by atoms with Crippen LogP contribution in [0.15, 0.2) is 0 Å². The van der Waals surface area contributed by atoms with Gasteiger partial charge in [-0.05, 0) is 27.7 Å². The van der Waals surface area contributed by atoms with E-state index in [0.717, 1.165) is 0 Å². The summed E-state index contributed by atoms with van der Waals surface area (Å²) in [6, 6.07) is -1.77. The molecule has 0 saturated carbocycles. The Balaban J connectivity index is 4.79. The molecule has 0 aliphatic carbocycles. The fourth-order valence-electron chi connectivity index (χ4n) is 1.23. The first-order valence-corrected chi connectivity index (χ1v) is 5.13. The summed E-state index contributed by atoms with van der Waals surface area (Å²) in [5, 5.41) is 10.2. The summed E-state index contributed by atoms with van der Waals surface area (Å²) < 4.78 is 41.3. The highest BCUT2D eigenvalue weighted by atomic mass is 19.4. The van der Waals surface area contributed by atoms with Crippen molar-refractivity contribution in [3.05, 3.63) is 0 Å². The Morgan fingerprint density at radius 2 is 1.67 bits per heavy atom. The lowest BCUT2D eigenvalue weighted by atomic mass is 10.1. The van der Waals surface area contributed by atoms with Crippen molar-refractivity contribution < 1.29 is 32.6 Å². The number of carbonyl (C=O) groups is 2. The topological polar surface area (TPSA) is 75.6 Å². The molecule has 2 N–H and O–H groups in total. The van der Waals surface area contributed by atoms with Crippen LogP contribution in [0.4, 0.5) is 13.2 Å². The average Bonchev–Trinajstić information content (AvgIpc) is 2.07. The monoisotopic (exact) mass is 271 g/mol. The zero-order chi connectivity index (χ0) is 14.7. The number of carbonyl (C=O) groups excluding carboxylic acids is 1. The number of carboxylic acids is 1. The van der Waals surface area contributed by atoms with Gasteiger partial charge in [0.25, 0.3) is 0 Å². The smallest absolute Gasteiger partial charge is 0.471 e. The molecule has 0 aromatic heterocycles. The van der Waals surface area contributed by atoms with Crippen LogP contribution in [0.1, 0.15) is 27.7 Å². The number of carboxylic acid groups (broad SMARTS) is 1. The lowest BCUT2D eigenvalue weighted by molar-refractivity contribution is -0.178. The molecule has 0 spiro atoms. The van der Waals surface area contributed by atoms with Gasteiger partial charge in [0.15, 0.2) is 6.04 Å². The van der Waals surface area contributed by atoms with Crippen LogP contribution in [-0.2, 0) is 14.3 Å². The molecule has 0 aliphatic rings. The third-order valence-electron chi connectivity index (χ3n) is 1.82. The maximum absolute atomic E-state index is 12.0. The molecule has 2 atom stereocenters. The van der Waals surface area contributed by atoms with Gasteiger partial charge in [0.1, 0.15) is 0 Å². The number of aliphatic carboxylic acids is 1. The van der Waals surface area contributed by atoms with Crippen molar-refractivity contribution in [2.45, 2.75) is 51.6 Å². The van der Waals surface area contributed by atoms with Gasteiger partial charge in [-0.15, -0.1) is 0 Å². The second kappa shape index (κ2) is 5.55. The van der Waals surface area contributed by atoms with E-state index < -0.39 is 35.8 Å². The van der Waals surface area contributed by atoms with E-state index in [1.807, 2.05) is 0 Å². The van der Waals surface area contributed by atoms with E-state index in [9.17, 15) is 22.8 Å². The number of nitrogens with one attached hydrogen (secondary N) is 1. The summed E-state index contributed by atoms with van der Waals surface area (Å²) in [5.41, 5.74) is -0.740. The Morgan fingerprint density at radius 3 is 1.94 bits per heavy atom. The van der Waals surface area contributed by atoms with Gasteiger partial charge in [-0.25, -0.2) is 4.79 Å². The van der Waals surface area contributed by atoms with Gasteiger partial charge in [0, 0.05) is 0 Å². The molecule has 0 radical (unpaired) electrons. The summed E-state index contributed by atoms with van der Waals surface area (Å²) in [4.78, 5) is 21.5. The Kier molecular flexibility index (Phi) is 5.15. The fraction of sp³-hybridized carbons (Fsp3) is 0.800. The van der Waals surface area contributed by atoms with Gasteiger partial charge in [-0.2, -0.15) is 13.2 Å². The first-order chi connectivity index (χ1) is 7.84. The number of ether oxygens (including phenoxy) is 1. The van der Waals surface area contributed by atoms with Crippen LogP contribution in [-0.4, -0.2) is 40.9 Å². The third kappa shape index (κ3) is 5.85. The van der Waals surface area contributed by atoms with Gasteiger partial charge in [-0.1, -0.05) is 0 Å². The number of amides is 1. The quantitative estimate of drug-likeness (QED) is 0.808. The van der Waals surface area contributed by atoms with Crippen LogP contribution in [0.5, 0.6) is 0 Å². The SMILES string of the molecule is C[C@H](OC(C)(C)C)[C@@H](NC(=O)C(F)(F)F)C(=O)O. The van der Waals surface area contributed by atoms with Crippen molar-refractivity contribution in [2.24, 2.45) is 0 Å². The van der Waals surface area contributed by atoms with Crippen LogP contribution >= 0.6 is 0 Å². The predicted molar refractivity (Wildman–Crippen MR) is 55.9 cm³/mol. The second-order valence-electron chi connectivity index (χ2n) is 4.72. The molecule has 0 heterocycles. The molecule has 0 fully saturated rings. The van der Waals surface area contributed by atoms with E-state index in [0.29, 0.717) is 0 Å². The number of alkyl halides is 3. The minimum atomic E-state index is -5.13. The van der Waals surface area contributed by atoms with E-state index in [4.69, 9.17) is 9.84 Å². The Hall–Kier alpha value is -1.31. The molecule has 1 amide bonds. The van der Waals surface area contributed by atoms with E-state index in [-0.39, 0.29) is 0 Å². The summed E-state index contributed by atoms with van der Waals surface area (Å²) in [6.07, 6.45) is -6.23. The van der Waals surface area contributed by atoms with Crippen LogP contribution in [0, 0.1) is 0 Å². The van der Waals surface area contributed by atoms with E-state index >= 15 is 0 Å². The van der Waals surface area contributed by atoms with E-state index in [1.165, 1.54) is 12.2 Å². The second-order valence-corrected chi connectivity index (χ2v) is 4.72. The van der Waals surface area contributed by atoms with Crippen molar-refractivity contribution in [3.63, 3.8) is 0 Å². The van der Waals surface area contributed by atoms with Gasteiger partial charge < -0.3 is 15.2 Å². The molecule has 0 aromatic rings. The Morgan fingerprint density at radius 1 is 1.22 bits per heavy atom. The molecule has 106 valence electrons. The van der Waals surface area contributed by atoms with E-state index in [1.54, 1.807) is 20.8 Å². The highest BCUT2D eigenvalue weighted by molar-refractivity contribution is 5.87. The van der Waals surface area contributed by atoms with Crippen LogP contribution < -0.4 is 5.32 Å². The molecule has 0 unspecified atom stereocenters. The molecule has 0 aromatic carbocycles. The largest absolute Gasteiger partial charge is 0.480 e. The zero-order valence-corrected chi connectivity index (χ0v) is 10.5. The number of hydrogen-bond donors (Lipinski definition) is 2. The van der Waals surface area contributed by atoms with Gasteiger partial charge in [0.05, 0.1) is 11.7 Å². The molecule has 8 heteroatoms. The molecular weight excluding hydrogens is 255 g/mol. The summed E-state index contributed by atoms with van der Waals surface area (Å²) in [6.45, 7) is 6.14. The minimum absolute atomic E-state index is 0.740. The van der Waals surface area contributed by atoms with Crippen LogP contribution in [0.2, 0.25) is 0 Å². The summed E-state index contributed by atoms with van der Waals surface area (Å²) in [5.74, 6) is -3.90. The maximum atomic E-state index is 12.0. The zero-order valence-electron chi connectivity index (χ0n) is 10.5.